The normalized spacial score (nSPS) is 14.7. The smallest absolute Gasteiger partial charge is 0.242 e. The third-order valence-corrected chi connectivity index (χ3v) is 7.57. The number of carbonyl (C=O) groups is 2. The van der Waals surface area contributed by atoms with Crippen LogP contribution in [0.15, 0.2) is 42.5 Å². The molecule has 1 saturated carbocycles. The minimum absolute atomic E-state index is 0.104. The quantitative estimate of drug-likeness (QED) is 0.446. The zero-order valence-electron chi connectivity index (χ0n) is 19.0. The van der Waals surface area contributed by atoms with Gasteiger partial charge in [-0.15, -0.1) is 11.8 Å². The number of nitrogens with zero attached hydrogens (tertiary/aromatic N) is 1. The molecular formula is C25H30Cl2N2O3S. The lowest BCUT2D eigenvalue weighted by Gasteiger charge is -2.29. The van der Waals surface area contributed by atoms with E-state index >= 15 is 0 Å². The minimum Gasteiger partial charge on any atom is -0.497 e. The number of halogens is 2. The SMILES string of the molecule is COc1ccc(CN(C(=O)CSCc2c(Cl)cccc2Cl)[C@H](C)C(=O)NC2CCCC2)cc1. The Kier molecular flexibility index (Phi) is 9.78. The number of amides is 2. The predicted octanol–water partition coefficient (Wildman–Crippen LogP) is 5.71. The van der Waals surface area contributed by atoms with Crippen LogP contribution in [-0.4, -0.2) is 41.7 Å². The topological polar surface area (TPSA) is 58.6 Å². The maximum atomic E-state index is 13.2. The van der Waals surface area contributed by atoms with E-state index in [1.165, 1.54) is 11.8 Å². The highest BCUT2D eigenvalue weighted by atomic mass is 35.5. The number of benzene rings is 2. The second kappa shape index (κ2) is 12.5. The van der Waals surface area contributed by atoms with Crippen LogP contribution in [0.25, 0.3) is 0 Å². The van der Waals surface area contributed by atoms with E-state index < -0.39 is 6.04 Å². The van der Waals surface area contributed by atoms with Gasteiger partial charge in [0.1, 0.15) is 11.8 Å². The zero-order valence-corrected chi connectivity index (χ0v) is 21.3. The number of rotatable bonds is 10. The van der Waals surface area contributed by atoms with Crippen molar-refractivity contribution < 1.29 is 14.3 Å². The van der Waals surface area contributed by atoms with Gasteiger partial charge in [0.05, 0.1) is 12.9 Å². The summed E-state index contributed by atoms with van der Waals surface area (Å²) >= 11 is 14.0. The lowest BCUT2D eigenvalue weighted by Crippen LogP contribution is -2.50. The van der Waals surface area contributed by atoms with Crippen molar-refractivity contribution in [2.24, 2.45) is 0 Å². The number of ether oxygens (including phenoxy) is 1. The van der Waals surface area contributed by atoms with Crippen LogP contribution in [0.5, 0.6) is 5.75 Å². The first-order chi connectivity index (χ1) is 15.9. The van der Waals surface area contributed by atoms with Gasteiger partial charge < -0.3 is 15.0 Å². The summed E-state index contributed by atoms with van der Waals surface area (Å²) in [6.45, 7) is 2.14. The van der Waals surface area contributed by atoms with Crippen LogP contribution in [-0.2, 0) is 21.9 Å². The highest BCUT2D eigenvalue weighted by Gasteiger charge is 2.28. The molecule has 2 aromatic rings. The molecule has 0 bridgehead atoms. The molecule has 1 aliphatic carbocycles. The summed E-state index contributed by atoms with van der Waals surface area (Å²) < 4.78 is 5.23. The summed E-state index contributed by atoms with van der Waals surface area (Å²) in [5.41, 5.74) is 1.75. The van der Waals surface area contributed by atoms with Crippen molar-refractivity contribution in [3.8, 4) is 5.75 Å². The second-order valence-electron chi connectivity index (χ2n) is 8.23. The van der Waals surface area contributed by atoms with Crippen molar-refractivity contribution in [3.05, 3.63) is 63.6 Å². The van der Waals surface area contributed by atoms with Crippen molar-refractivity contribution in [3.63, 3.8) is 0 Å². The van der Waals surface area contributed by atoms with Gasteiger partial charge >= 0.3 is 0 Å². The van der Waals surface area contributed by atoms with Gasteiger partial charge in [0.15, 0.2) is 0 Å². The molecule has 3 rings (SSSR count). The Morgan fingerprint density at radius 2 is 1.76 bits per heavy atom. The summed E-state index contributed by atoms with van der Waals surface area (Å²) in [7, 11) is 1.61. The third kappa shape index (κ3) is 7.29. The molecule has 1 aliphatic rings. The first-order valence-corrected chi connectivity index (χ1v) is 13.0. The Balaban J connectivity index is 1.68. The molecule has 8 heteroatoms. The Labute approximate surface area is 210 Å². The van der Waals surface area contributed by atoms with E-state index in [4.69, 9.17) is 27.9 Å². The van der Waals surface area contributed by atoms with E-state index in [1.807, 2.05) is 24.3 Å². The second-order valence-corrected chi connectivity index (χ2v) is 10.0. The number of nitrogens with one attached hydrogen (secondary N) is 1. The monoisotopic (exact) mass is 508 g/mol. The van der Waals surface area contributed by atoms with E-state index in [9.17, 15) is 9.59 Å². The molecule has 0 unspecified atom stereocenters. The highest BCUT2D eigenvalue weighted by Crippen LogP contribution is 2.28. The van der Waals surface area contributed by atoms with Crippen molar-refractivity contribution in [1.82, 2.24) is 10.2 Å². The van der Waals surface area contributed by atoms with Crippen LogP contribution in [0.1, 0.15) is 43.7 Å². The molecule has 1 fully saturated rings. The van der Waals surface area contributed by atoms with Crippen LogP contribution in [0.2, 0.25) is 10.0 Å². The van der Waals surface area contributed by atoms with Gasteiger partial charge in [0.25, 0.3) is 0 Å². The summed E-state index contributed by atoms with van der Waals surface area (Å²) in [6, 6.07) is 12.5. The van der Waals surface area contributed by atoms with Gasteiger partial charge in [-0.2, -0.15) is 0 Å². The fourth-order valence-electron chi connectivity index (χ4n) is 3.90. The van der Waals surface area contributed by atoms with E-state index in [0.29, 0.717) is 22.3 Å². The van der Waals surface area contributed by atoms with Crippen molar-refractivity contribution in [2.45, 2.75) is 57.0 Å². The summed E-state index contributed by atoms with van der Waals surface area (Å²) in [5, 5.41) is 4.29. The first-order valence-electron chi connectivity index (χ1n) is 11.1. The average molecular weight is 509 g/mol. The van der Waals surface area contributed by atoms with E-state index in [-0.39, 0.29) is 23.6 Å². The molecule has 0 saturated heterocycles. The van der Waals surface area contributed by atoms with E-state index in [1.54, 1.807) is 37.1 Å². The molecule has 0 radical (unpaired) electrons. The Bertz CT molecular complexity index is 929. The van der Waals surface area contributed by atoms with Gasteiger partial charge in [-0.05, 0) is 55.2 Å². The number of carbonyl (C=O) groups excluding carboxylic acids is 2. The largest absolute Gasteiger partial charge is 0.497 e. The average Bonchev–Trinajstić information content (AvgIpc) is 3.32. The van der Waals surface area contributed by atoms with Crippen molar-refractivity contribution in [1.29, 1.82) is 0 Å². The Hall–Kier alpha value is -1.89. The fraction of sp³-hybridized carbons (Fsp3) is 0.440. The van der Waals surface area contributed by atoms with Crippen LogP contribution >= 0.6 is 35.0 Å². The molecule has 0 heterocycles. The number of methoxy groups -OCH3 is 1. The highest BCUT2D eigenvalue weighted by molar-refractivity contribution is 7.99. The standard InChI is InChI=1S/C25H30Cl2N2O3S/c1-17(25(31)28-19-6-3-4-7-19)29(14-18-10-12-20(32-2)13-11-18)24(30)16-33-15-21-22(26)8-5-9-23(21)27/h5,8-13,17,19H,3-4,6-7,14-16H2,1-2H3,(H,28,31)/t17-/m1/s1. The molecule has 0 aromatic heterocycles. The van der Waals surface area contributed by atoms with Gasteiger partial charge in [0.2, 0.25) is 11.8 Å². The molecule has 1 N–H and O–H groups in total. The van der Waals surface area contributed by atoms with Crippen LogP contribution in [0, 0.1) is 0 Å². The molecule has 5 nitrogen and oxygen atoms in total. The van der Waals surface area contributed by atoms with Crippen LogP contribution in [0.3, 0.4) is 0 Å². The fourth-order valence-corrected chi connectivity index (χ4v) is 5.54. The van der Waals surface area contributed by atoms with Gasteiger partial charge in [0, 0.05) is 28.4 Å². The van der Waals surface area contributed by atoms with E-state index in [0.717, 1.165) is 42.6 Å². The van der Waals surface area contributed by atoms with Crippen LogP contribution < -0.4 is 10.1 Å². The maximum absolute atomic E-state index is 13.2. The first kappa shape index (κ1) is 25.7. The molecular weight excluding hydrogens is 479 g/mol. The zero-order chi connectivity index (χ0) is 23.8. The Morgan fingerprint density at radius 1 is 1.12 bits per heavy atom. The summed E-state index contributed by atoms with van der Waals surface area (Å²) in [4.78, 5) is 27.8. The third-order valence-electron chi connectivity index (χ3n) is 5.91. The molecule has 0 spiro atoms. The molecule has 2 amide bonds. The van der Waals surface area contributed by atoms with Crippen molar-refractivity contribution in [2.75, 3.05) is 12.9 Å². The van der Waals surface area contributed by atoms with Crippen molar-refractivity contribution >= 4 is 46.8 Å². The summed E-state index contributed by atoms with van der Waals surface area (Å²) in [6.07, 6.45) is 4.27. The summed E-state index contributed by atoms with van der Waals surface area (Å²) in [5.74, 6) is 1.27. The molecule has 2 aromatic carbocycles. The molecule has 178 valence electrons. The van der Waals surface area contributed by atoms with Gasteiger partial charge in [-0.25, -0.2) is 0 Å². The minimum atomic E-state index is -0.579. The lowest BCUT2D eigenvalue weighted by molar-refractivity contribution is -0.138. The Morgan fingerprint density at radius 3 is 2.36 bits per heavy atom. The number of hydrogen-bond donors (Lipinski definition) is 1. The number of hydrogen-bond acceptors (Lipinski definition) is 4. The van der Waals surface area contributed by atoms with Gasteiger partial charge in [-0.1, -0.05) is 54.2 Å². The molecule has 0 aliphatic heterocycles. The lowest BCUT2D eigenvalue weighted by atomic mass is 10.1. The van der Waals surface area contributed by atoms with E-state index in [2.05, 4.69) is 5.32 Å². The maximum Gasteiger partial charge on any atom is 0.242 e. The van der Waals surface area contributed by atoms with Gasteiger partial charge in [-0.3, -0.25) is 9.59 Å². The van der Waals surface area contributed by atoms with Crippen LogP contribution in [0.4, 0.5) is 0 Å². The molecule has 1 atom stereocenters. The molecule has 33 heavy (non-hydrogen) atoms. The predicted molar refractivity (Wildman–Crippen MR) is 136 cm³/mol. The number of thioether (sulfide) groups is 1.